The zero-order valence-electron chi connectivity index (χ0n) is 18.8. The Balaban J connectivity index is 1.49. The Bertz CT molecular complexity index is 1200. The molecule has 170 valence electrons. The van der Waals surface area contributed by atoms with Crippen molar-refractivity contribution in [2.75, 3.05) is 6.54 Å². The number of nitrogens with zero attached hydrogens (tertiary/aromatic N) is 3. The molecule has 1 aliphatic heterocycles. The zero-order valence-corrected chi connectivity index (χ0v) is 19.6. The average molecular weight is 466 g/mol. The maximum absolute atomic E-state index is 14.9. The maximum atomic E-state index is 14.9. The lowest BCUT2D eigenvalue weighted by Crippen LogP contribution is -2.40. The molecule has 1 aliphatic rings. The molecule has 0 saturated heterocycles. The molecule has 0 unspecified atom stereocenters. The van der Waals surface area contributed by atoms with Crippen LogP contribution in [0.4, 0.5) is 9.18 Å². The molecule has 0 aliphatic carbocycles. The Morgan fingerprint density at radius 1 is 1.12 bits per heavy atom. The summed E-state index contributed by atoms with van der Waals surface area (Å²) in [5, 5.41) is 0.671. The zero-order chi connectivity index (χ0) is 23.6. The van der Waals surface area contributed by atoms with Gasteiger partial charge in [-0.3, -0.25) is 0 Å². The van der Waals surface area contributed by atoms with E-state index in [1.165, 1.54) is 6.07 Å². The van der Waals surface area contributed by atoms with Gasteiger partial charge in [-0.1, -0.05) is 42.0 Å². The van der Waals surface area contributed by atoms with Gasteiger partial charge in [0, 0.05) is 29.7 Å². The van der Waals surface area contributed by atoms with Gasteiger partial charge in [0.1, 0.15) is 11.4 Å². The largest absolute Gasteiger partial charge is 0.444 e. The SMILES string of the molecule is CC(C)(C)OC(=O)N1CCc2nc(-c3ccc(C=Cc4ccc(Cl)cc4)cc3F)ncc2C1. The summed E-state index contributed by atoms with van der Waals surface area (Å²) >= 11 is 5.90. The monoisotopic (exact) mass is 465 g/mol. The third kappa shape index (κ3) is 5.76. The van der Waals surface area contributed by atoms with Crippen LogP contribution in [0, 0.1) is 5.82 Å². The fourth-order valence-corrected chi connectivity index (χ4v) is 3.64. The molecule has 33 heavy (non-hydrogen) atoms. The molecular formula is C26H25ClFN3O2. The second-order valence-electron chi connectivity index (χ2n) is 8.94. The number of hydrogen-bond donors (Lipinski definition) is 0. The lowest BCUT2D eigenvalue weighted by Gasteiger charge is -2.30. The highest BCUT2D eigenvalue weighted by Gasteiger charge is 2.27. The highest BCUT2D eigenvalue weighted by molar-refractivity contribution is 6.30. The van der Waals surface area contributed by atoms with Gasteiger partial charge in [0.05, 0.1) is 17.8 Å². The molecule has 2 aromatic carbocycles. The molecule has 0 atom stereocenters. The maximum Gasteiger partial charge on any atom is 0.410 e. The number of carbonyl (C=O) groups excluding carboxylic acids is 1. The van der Waals surface area contributed by atoms with E-state index in [-0.39, 0.29) is 11.9 Å². The van der Waals surface area contributed by atoms with Crippen LogP contribution in [0.3, 0.4) is 0 Å². The van der Waals surface area contributed by atoms with Crippen LogP contribution in [-0.2, 0) is 17.7 Å². The molecular weight excluding hydrogens is 441 g/mol. The van der Waals surface area contributed by atoms with Crippen LogP contribution in [-0.4, -0.2) is 33.1 Å². The van der Waals surface area contributed by atoms with Crippen LogP contribution in [0.1, 0.15) is 43.2 Å². The van der Waals surface area contributed by atoms with Crippen molar-refractivity contribution in [2.24, 2.45) is 0 Å². The molecule has 1 aromatic heterocycles. The second-order valence-corrected chi connectivity index (χ2v) is 9.38. The van der Waals surface area contributed by atoms with Crippen molar-refractivity contribution in [3.8, 4) is 11.4 Å². The molecule has 4 rings (SSSR count). The molecule has 0 fully saturated rings. The summed E-state index contributed by atoms with van der Waals surface area (Å²) in [6.07, 6.45) is 5.62. The molecule has 3 aromatic rings. The van der Waals surface area contributed by atoms with Crippen LogP contribution < -0.4 is 0 Å². The van der Waals surface area contributed by atoms with Crippen molar-refractivity contribution in [3.05, 3.63) is 81.9 Å². The summed E-state index contributed by atoms with van der Waals surface area (Å²) in [6, 6.07) is 12.4. The molecule has 1 amide bonds. The van der Waals surface area contributed by atoms with Crippen molar-refractivity contribution in [1.29, 1.82) is 0 Å². The fraction of sp³-hybridized carbons (Fsp3) is 0.269. The molecule has 2 heterocycles. The Morgan fingerprint density at radius 3 is 2.52 bits per heavy atom. The Morgan fingerprint density at radius 2 is 1.82 bits per heavy atom. The minimum atomic E-state index is -0.550. The lowest BCUT2D eigenvalue weighted by atomic mass is 10.1. The Kier molecular flexibility index (Phi) is 6.47. The van der Waals surface area contributed by atoms with E-state index >= 15 is 0 Å². The van der Waals surface area contributed by atoms with Gasteiger partial charge >= 0.3 is 6.09 Å². The van der Waals surface area contributed by atoms with Crippen LogP contribution >= 0.6 is 11.6 Å². The van der Waals surface area contributed by atoms with Crippen molar-refractivity contribution in [2.45, 2.75) is 39.3 Å². The van der Waals surface area contributed by atoms with Crippen molar-refractivity contribution in [1.82, 2.24) is 14.9 Å². The first-order chi connectivity index (χ1) is 15.7. The first-order valence-corrected chi connectivity index (χ1v) is 11.1. The molecule has 0 radical (unpaired) electrons. The van der Waals surface area contributed by atoms with Crippen LogP contribution in [0.15, 0.2) is 48.7 Å². The molecule has 0 N–H and O–H groups in total. The number of rotatable bonds is 3. The predicted molar refractivity (Wildman–Crippen MR) is 128 cm³/mol. The Labute approximate surface area is 197 Å². The predicted octanol–water partition coefficient (Wildman–Crippen LogP) is 6.40. The van der Waals surface area contributed by atoms with Crippen LogP contribution in [0.2, 0.25) is 5.02 Å². The minimum Gasteiger partial charge on any atom is -0.444 e. The van der Waals surface area contributed by atoms with Crippen molar-refractivity contribution < 1.29 is 13.9 Å². The number of halogens is 2. The molecule has 0 bridgehead atoms. The number of hydrogen-bond acceptors (Lipinski definition) is 4. The van der Waals surface area contributed by atoms with Crippen molar-refractivity contribution in [3.63, 3.8) is 0 Å². The van der Waals surface area contributed by atoms with E-state index < -0.39 is 5.60 Å². The van der Waals surface area contributed by atoms with Gasteiger partial charge in [-0.2, -0.15) is 0 Å². The smallest absolute Gasteiger partial charge is 0.410 e. The summed E-state index contributed by atoms with van der Waals surface area (Å²) in [7, 11) is 0. The first-order valence-electron chi connectivity index (χ1n) is 10.7. The molecule has 0 saturated carbocycles. The van der Waals surface area contributed by atoms with Gasteiger partial charge < -0.3 is 9.64 Å². The van der Waals surface area contributed by atoms with Crippen LogP contribution in [0.5, 0.6) is 0 Å². The van der Waals surface area contributed by atoms with Gasteiger partial charge in [-0.05, 0) is 56.2 Å². The number of ether oxygens (including phenoxy) is 1. The number of benzene rings is 2. The van der Waals surface area contributed by atoms with E-state index in [0.717, 1.165) is 22.4 Å². The Hall–Kier alpha value is -3.25. The number of aromatic nitrogens is 2. The minimum absolute atomic E-state index is 0.338. The van der Waals surface area contributed by atoms with Gasteiger partial charge in [0.25, 0.3) is 0 Å². The van der Waals surface area contributed by atoms with E-state index in [1.807, 2.05) is 63.3 Å². The normalized spacial score (nSPS) is 13.8. The molecule has 0 spiro atoms. The fourth-order valence-electron chi connectivity index (χ4n) is 3.51. The van der Waals surface area contributed by atoms with Crippen LogP contribution in [0.25, 0.3) is 23.5 Å². The van der Waals surface area contributed by atoms with Gasteiger partial charge in [0.2, 0.25) is 0 Å². The lowest BCUT2D eigenvalue weighted by molar-refractivity contribution is 0.0222. The summed E-state index contributed by atoms with van der Waals surface area (Å²) < 4.78 is 20.3. The van der Waals surface area contributed by atoms with E-state index in [9.17, 15) is 9.18 Å². The summed E-state index contributed by atoms with van der Waals surface area (Å²) in [4.78, 5) is 22.9. The average Bonchev–Trinajstić information content (AvgIpc) is 2.77. The summed E-state index contributed by atoms with van der Waals surface area (Å²) in [5.41, 5.74) is 3.17. The van der Waals surface area contributed by atoms with Gasteiger partial charge in [-0.25, -0.2) is 19.2 Å². The van der Waals surface area contributed by atoms with E-state index in [4.69, 9.17) is 16.3 Å². The standard InChI is InChI=1S/C26H25ClFN3O2/c1-26(2,3)33-25(32)31-13-12-23-19(16-31)15-29-24(30-23)21-11-8-18(14-22(21)28)5-4-17-6-9-20(27)10-7-17/h4-11,14-15H,12-13,16H2,1-3H3. The highest BCUT2D eigenvalue weighted by atomic mass is 35.5. The van der Waals surface area contributed by atoms with Gasteiger partial charge in [-0.15, -0.1) is 0 Å². The quantitative estimate of drug-likeness (QED) is 0.420. The highest BCUT2D eigenvalue weighted by Crippen LogP contribution is 2.25. The number of amides is 1. The van der Waals surface area contributed by atoms with Gasteiger partial charge in [0.15, 0.2) is 5.82 Å². The van der Waals surface area contributed by atoms with E-state index in [2.05, 4.69) is 9.97 Å². The van der Waals surface area contributed by atoms with E-state index in [0.29, 0.717) is 35.9 Å². The number of fused-ring (bicyclic) bond motifs is 1. The molecule has 7 heteroatoms. The second kappa shape index (κ2) is 9.32. The number of carbonyl (C=O) groups is 1. The third-order valence-corrected chi connectivity index (χ3v) is 5.41. The topological polar surface area (TPSA) is 55.3 Å². The summed E-state index contributed by atoms with van der Waals surface area (Å²) in [5.74, 6) is -0.0513. The third-order valence-electron chi connectivity index (χ3n) is 5.16. The molecule has 5 nitrogen and oxygen atoms in total. The summed E-state index contributed by atoms with van der Waals surface area (Å²) in [6.45, 7) is 6.39. The first kappa shape index (κ1) is 22.9. The van der Waals surface area contributed by atoms with E-state index in [1.54, 1.807) is 17.2 Å². The van der Waals surface area contributed by atoms with Crippen molar-refractivity contribution >= 4 is 29.8 Å².